The Morgan fingerprint density at radius 2 is 1.31 bits per heavy atom. The van der Waals surface area contributed by atoms with Gasteiger partial charge in [-0.15, -0.1) is 0 Å². The predicted octanol–water partition coefficient (Wildman–Crippen LogP) is 5.59. The molecule has 0 saturated carbocycles. The number of piperazine rings is 1. The molecule has 4 aromatic rings. The minimum absolute atomic E-state index is 0.273. The van der Waals surface area contributed by atoms with Crippen molar-refractivity contribution in [2.24, 2.45) is 0 Å². The zero-order valence-electron chi connectivity index (χ0n) is 19.8. The van der Waals surface area contributed by atoms with Gasteiger partial charge in [0.1, 0.15) is 6.10 Å². The molecule has 1 fully saturated rings. The van der Waals surface area contributed by atoms with Crippen LogP contribution in [0.4, 0.5) is 5.69 Å². The highest BCUT2D eigenvalue weighted by Gasteiger charge is 2.21. The number of Topliss-reactive ketones (excluding diaryl/α,β-unsaturated/α-hetero) is 1. The average Bonchev–Trinajstić information content (AvgIpc) is 2.94. The van der Waals surface area contributed by atoms with E-state index in [-0.39, 0.29) is 5.78 Å². The van der Waals surface area contributed by atoms with Crippen molar-refractivity contribution in [3.63, 3.8) is 0 Å². The van der Waals surface area contributed by atoms with E-state index in [4.69, 9.17) is 0 Å². The standard InChI is InChI=1S/C31H30N2O2/c34-30(25-11-5-2-6-12-25)31(35)26-15-17-28(18-16-26)33-21-19-32(20-22-33)23-27-13-7-8-14-29(27)24-9-3-1-4-10-24/h1-18,30,34H,19-23H2. The highest BCUT2D eigenvalue weighted by atomic mass is 16.3. The van der Waals surface area contributed by atoms with E-state index in [2.05, 4.69) is 64.4 Å². The van der Waals surface area contributed by atoms with Crippen molar-refractivity contribution in [1.29, 1.82) is 0 Å². The van der Waals surface area contributed by atoms with Crippen LogP contribution in [0, 0.1) is 0 Å². The van der Waals surface area contributed by atoms with Gasteiger partial charge in [-0.05, 0) is 46.5 Å². The highest BCUT2D eigenvalue weighted by molar-refractivity contribution is 6.00. The highest BCUT2D eigenvalue weighted by Crippen LogP contribution is 2.26. The molecule has 0 amide bonds. The number of ketones is 1. The molecule has 1 aliphatic heterocycles. The SMILES string of the molecule is O=C(c1ccc(N2CCN(Cc3ccccc3-c3ccccc3)CC2)cc1)C(O)c1ccccc1. The molecule has 0 bridgehead atoms. The minimum atomic E-state index is -1.13. The van der Waals surface area contributed by atoms with Crippen LogP contribution in [0.2, 0.25) is 0 Å². The van der Waals surface area contributed by atoms with Gasteiger partial charge >= 0.3 is 0 Å². The van der Waals surface area contributed by atoms with Gasteiger partial charge in [-0.1, -0.05) is 84.9 Å². The van der Waals surface area contributed by atoms with E-state index in [9.17, 15) is 9.90 Å². The molecule has 1 aliphatic rings. The third-order valence-corrected chi connectivity index (χ3v) is 6.75. The fraction of sp³-hybridized carbons (Fsp3) is 0.194. The smallest absolute Gasteiger partial charge is 0.195 e. The lowest BCUT2D eigenvalue weighted by Crippen LogP contribution is -2.46. The van der Waals surface area contributed by atoms with Gasteiger partial charge < -0.3 is 10.0 Å². The third kappa shape index (κ3) is 5.35. The normalized spacial score (nSPS) is 15.1. The molecule has 1 unspecified atom stereocenters. The number of carbonyl (C=O) groups excluding carboxylic acids is 1. The van der Waals surface area contributed by atoms with Gasteiger partial charge in [0.05, 0.1) is 0 Å². The molecule has 0 aliphatic carbocycles. The Labute approximate surface area is 207 Å². The Morgan fingerprint density at radius 1 is 0.714 bits per heavy atom. The summed E-state index contributed by atoms with van der Waals surface area (Å²) in [5.41, 5.74) is 6.17. The lowest BCUT2D eigenvalue weighted by Gasteiger charge is -2.36. The van der Waals surface area contributed by atoms with E-state index in [1.54, 1.807) is 12.1 Å². The van der Waals surface area contributed by atoms with Gasteiger partial charge in [0, 0.05) is 44.0 Å². The number of carbonyl (C=O) groups is 1. The zero-order chi connectivity index (χ0) is 24.0. The Balaban J connectivity index is 1.20. The topological polar surface area (TPSA) is 43.8 Å². The van der Waals surface area contributed by atoms with Crippen LogP contribution in [0.25, 0.3) is 11.1 Å². The summed E-state index contributed by atoms with van der Waals surface area (Å²) in [4.78, 5) is 17.6. The first kappa shape index (κ1) is 23.0. The number of anilines is 1. The molecule has 1 N–H and O–H groups in total. The van der Waals surface area contributed by atoms with Crippen LogP contribution in [-0.2, 0) is 6.54 Å². The van der Waals surface area contributed by atoms with E-state index in [1.807, 2.05) is 42.5 Å². The van der Waals surface area contributed by atoms with Gasteiger partial charge in [-0.3, -0.25) is 9.69 Å². The quantitative estimate of drug-likeness (QED) is 0.364. The minimum Gasteiger partial charge on any atom is -0.380 e. The molecule has 0 radical (unpaired) electrons. The lowest BCUT2D eigenvalue weighted by molar-refractivity contribution is 0.0747. The number of hydrogen-bond acceptors (Lipinski definition) is 4. The molecule has 1 atom stereocenters. The van der Waals surface area contributed by atoms with E-state index >= 15 is 0 Å². The second-order valence-corrected chi connectivity index (χ2v) is 9.01. The Kier molecular flexibility index (Phi) is 7.03. The molecular formula is C31H30N2O2. The molecule has 5 rings (SSSR count). The molecule has 1 saturated heterocycles. The molecule has 35 heavy (non-hydrogen) atoms. The van der Waals surface area contributed by atoms with Crippen LogP contribution in [0.1, 0.15) is 27.6 Å². The maximum absolute atomic E-state index is 12.7. The summed E-state index contributed by atoms with van der Waals surface area (Å²) < 4.78 is 0. The first-order chi connectivity index (χ1) is 17.2. The summed E-state index contributed by atoms with van der Waals surface area (Å²) in [6.45, 7) is 4.78. The number of aliphatic hydroxyl groups excluding tert-OH is 1. The number of hydrogen-bond donors (Lipinski definition) is 1. The number of aliphatic hydroxyl groups is 1. The summed E-state index contributed by atoms with van der Waals surface area (Å²) in [5, 5.41) is 10.4. The van der Waals surface area contributed by atoms with Crippen LogP contribution < -0.4 is 4.90 Å². The molecule has 4 heteroatoms. The lowest BCUT2D eigenvalue weighted by atomic mass is 9.99. The fourth-order valence-corrected chi connectivity index (χ4v) is 4.74. The number of nitrogens with zero attached hydrogens (tertiary/aromatic N) is 2. The molecule has 4 aromatic carbocycles. The third-order valence-electron chi connectivity index (χ3n) is 6.75. The van der Waals surface area contributed by atoms with Crippen molar-refractivity contribution in [2.75, 3.05) is 31.1 Å². The van der Waals surface area contributed by atoms with E-state index < -0.39 is 6.10 Å². The van der Waals surface area contributed by atoms with E-state index in [0.29, 0.717) is 11.1 Å². The Hall–Kier alpha value is -3.73. The van der Waals surface area contributed by atoms with Crippen molar-refractivity contribution in [3.05, 3.63) is 126 Å². The number of benzene rings is 4. The van der Waals surface area contributed by atoms with Gasteiger partial charge in [0.15, 0.2) is 5.78 Å². The van der Waals surface area contributed by atoms with Crippen molar-refractivity contribution in [2.45, 2.75) is 12.6 Å². The largest absolute Gasteiger partial charge is 0.380 e. The van der Waals surface area contributed by atoms with E-state index in [0.717, 1.165) is 38.4 Å². The molecule has 0 spiro atoms. The summed E-state index contributed by atoms with van der Waals surface area (Å²) in [7, 11) is 0. The molecule has 0 aromatic heterocycles. The number of rotatable bonds is 7. The molecular weight excluding hydrogens is 432 g/mol. The van der Waals surface area contributed by atoms with Gasteiger partial charge in [-0.25, -0.2) is 0 Å². The predicted molar refractivity (Wildman–Crippen MR) is 142 cm³/mol. The fourth-order valence-electron chi connectivity index (χ4n) is 4.74. The van der Waals surface area contributed by atoms with Crippen LogP contribution in [0.3, 0.4) is 0 Å². The van der Waals surface area contributed by atoms with Crippen molar-refractivity contribution in [3.8, 4) is 11.1 Å². The van der Waals surface area contributed by atoms with Gasteiger partial charge in [0.25, 0.3) is 0 Å². The molecule has 1 heterocycles. The molecule has 176 valence electrons. The summed E-state index contributed by atoms with van der Waals surface area (Å²) in [6, 6.07) is 35.9. The first-order valence-corrected chi connectivity index (χ1v) is 12.2. The maximum Gasteiger partial charge on any atom is 0.195 e. The maximum atomic E-state index is 12.7. The Morgan fingerprint density at radius 3 is 2.00 bits per heavy atom. The van der Waals surface area contributed by atoms with Gasteiger partial charge in [0.2, 0.25) is 0 Å². The van der Waals surface area contributed by atoms with Crippen molar-refractivity contribution < 1.29 is 9.90 Å². The average molecular weight is 463 g/mol. The summed E-state index contributed by atoms with van der Waals surface area (Å²) >= 11 is 0. The van der Waals surface area contributed by atoms with E-state index in [1.165, 1.54) is 16.7 Å². The second kappa shape index (κ2) is 10.7. The molecule has 4 nitrogen and oxygen atoms in total. The van der Waals surface area contributed by atoms with Crippen LogP contribution in [-0.4, -0.2) is 42.0 Å². The zero-order valence-corrected chi connectivity index (χ0v) is 19.8. The van der Waals surface area contributed by atoms with Crippen molar-refractivity contribution in [1.82, 2.24) is 4.90 Å². The van der Waals surface area contributed by atoms with Crippen LogP contribution in [0.5, 0.6) is 0 Å². The Bertz CT molecular complexity index is 1250. The monoisotopic (exact) mass is 462 g/mol. The van der Waals surface area contributed by atoms with Gasteiger partial charge in [-0.2, -0.15) is 0 Å². The summed E-state index contributed by atoms with van der Waals surface area (Å²) in [6.07, 6.45) is -1.13. The first-order valence-electron chi connectivity index (χ1n) is 12.2. The summed E-state index contributed by atoms with van der Waals surface area (Å²) in [5.74, 6) is -0.273. The van der Waals surface area contributed by atoms with Crippen LogP contribution in [0.15, 0.2) is 109 Å². The van der Waals surface area contributed by atoms with Crippen LogP contribution >= 0.6 is 0 Å². The second-order valence-electron chi connectivity index (χ2n) is 9.01. The van der Waals surface area contributed by atoms with Crippen molar-refractivity contribution >= 4 is 11.5 Å².